The molecular weight excluding hydrogens is 188 g/mol. The summed E-state index contributed by atoms with van der Waals surface area (Å²) >= 11 is 0. The van der Waals surface area contributed by atoms with Gasteiger partial charge in [0.1, 0.15) is 5.58 Å². The molecule has 0 atom stereocenters. The predicted octanol–water partition coefficient (Wildman–Crippen LogP) is 3.50. The summed E-state index contributed by atoms with van der Waals surface area (Å²) in [6.45, 7) is 3.82. The van der Waals surface area contributed by atoms with Crippen molar-refractivity contribution < 1.29 is 9.21 Å². The van der Waals surface area contributed by atoms with Crippen molar-refractivity contribution in [1.82, 2.24) is 0 Å². The monoisotopic (exact) mass is 200 g/mol. The molecule has 1 heterocycles. The number of hydrogen-bond donors (Lipinski definition) is 0. The molecule has 0 fully saturated rings. The van der Waals surface area contributed by atoms with Gasteiger partial charge in [-0.15, -0.1) is 0 Å². The first-order chi connectivity index (χ1) is 7.20. The average molecular weight is 200 g/mol. The second kappa shape index (κ2) is 3.73. The quantitative estimate of drug-likeness (QED) is 0.548. The van der Waals surface area contributed by atoms with Crippen molar-refractivity contribution in [2.24, 2.45) is 0 Å². The Morgan fingerprint density at radius 2 is 2.13 bits per heavy atom. The Hall–Kier alpha value is -1.83. The lowest BCUT2D eigenvalue weighted by molar-refractivity contribution is 0.102. The maximum Gasteiger partial charge on any atom is 0.220 e. The summed E-state index contributed by atoms with van der Waals surface area (Å²) < 4.78 is 5.44. The number of ketones is 1. The van der Waals surface area contributed by atoms with Gasteiger partial charge in [-0.2, -0.15) is 0 Å². The number of aryl methyl sites for hydroxylation is 1. The molecular formula is C13H12O2. The minimum Gasteiger partial charge on any atom is -0.453 e. The van der Waals surface area contributed by atoms with Gasteiger partial charge >= 0.3 is 0 Å². The van der Waals surface area contributed by atoms with Gasteiger partial charge in [-0.05, 0) is 38.1 Å². The summed E-state index contributed by atoms with van der Waals surface area (Å²) in [4.78, 5) is 11.5. The SMILES string of the molecule is C/C=C/C(=O)c1cc2cc(C)ccc2o1. The van der Waals surface area contributed by atoms with Crippen LogP contribution in [0.25, 0.3) is 11.0 Å². The Labute approximate surface area is 88.2 Å². The molecule has 0 aliphatic rings. The van der Waals surface area contributed by atoms with Gasteiger partial charge in [0.25, 0.3) is 0 Å². The maximum atomic E-state index is 11.5. The molecule has 2 nitrogen and oxygen atoms in total. The zero-order valence-electron chi connectivity index (χ0n) is 8.78. The van der Waals surface area contributed by atoms with Gasteiger partial charge in [-0.3, -0.25) is 4.79 Å². The van der Waals surface area contributed by atoms with Gasteiger partial charge in [-0.1, -0.05) is 17.7 Å². The standard InChI is InChI=1S/C13H12O2/c1-3-4-11(14)13-8-10-7-9(2)5-6-12(10)15-13/h3-8H,1-2H3/b4-3+. The van der Waals surface area contributed by atoms with Crippen LogP contribution in [0, 0.1) is 6.92 Å². The first-order valence-corrected chi connectivity index (χ1v) is 4.88. The molecule has 0 bridgehead atoms. The normalized spacial score (nSPS) is 11.3. The van der Waals surface area contributed by atoms with E-state index in [-0.39, 0.29) is 5.78 Å². The third-order valence-electron chi connectivity index (χ3n) is 2.23. The molecule has 0 N–H and O–H groups in total. The first-order valence-electron chi connectivity index (χ1n) is 4.88. The second-order valence-electron chi connectivity index (χ2n) is 3.52. The topological polar surface area (TPSA) is 30.2 Å². The molecule has 0 saturated heterocycles. The van der Waals surface area contributed by atoms with Gasteiger partial charge < -0.3 is 4.42 Å². The van der Waals surface area contributed by atoms with Crippen LogP contribution in [0.15, 0.2) is 40.8 Å². The van der Waals surface area contributed by atoms with Crippen LogP contribution in [0.1, 0.15) is 23.0 Å². The van der Waals surface area contributed by atoms with Crippen molar-refractivity contribution in [3.05, 3.63) is 47.7 Å². The lowest BCUT2D eigenvalue weighted by atomic mass is 10.2. The fourth-order valence-corrected chi connectivity index (χ4v) is 1.52. The maximum absolute atomic E-state index is 11.5. The van der Waals surface area contributed by atoms with Crippen LogP contribution in [-0.4, -0.2) is 5.78 Å². The highest BCUT2D eigenvalue weighted by molar-refractivity contribution is 6.04. The van der Waals surface area contributed by atoms with Crippen molar-refractivity contribution in [2.75, 3.05) is 0 Å². The van der Waals surface area contributed by atoms with Crippen molar-refractivity contribution in [2.45, 2.75) is 13.8 Å². The minimum absolute atomic E-state index is 0.0913. The molecule has 0 radical (unpaired) electrons. The summed E-state index contributed by atoms with van der Waals surface area (Å²) in [6.07, 6.45) is 3.21. The summed E-state index contributed by atoms with van der Waals surface area (Å²) in [5.74, 6) is 0.306. The van der Waals surface area contributed by atoms with E-state index < -0.39 is 0 Å². The largest absolute Gasteiger partial charge is 0.453 e. The van der Waals surface area contributed by atoms with Crippen LogP contribution in [0.5, 0.6) is 0 Å². The van der Waals surface area contributed by atoms with E-state index in [1.54, 1.807) is 12.1 Å². The van der Waals surface area contributed by atoms with Crippen molar-refractivity contribution in [3.8, 4) is 0 Å². The van der Waals surface area contributed by atoms with Crippen molar-refractivity contribution >= 4 is 16.8 Å². The summed E-state index contributed by atoms with van der Waals surface area (Å²) in [5, 5.41) is 0.975. The lowest BCUT2D eigenvalue weighted by Gasteiger charge is -1.89. The highest BCUT2D eigenvalue weighted by atomic mass is 16.3. The molecule has 0 unspecified atom stereocenters. The number of carbonyl (C=O) groups is 1. The summed E-state index contributed by atoms with van der Waals surface area (Å²) in [5.41, 5.74) is 1.92. The number of allylic oxidation sites excluding steroid dienone is 2. The van der Waals surface area contributed by atoms with Gasteiger partial charge in [-0.25, -0.2) is 0 Å². The number of benzene rings is 1. The fraction of sp³-hybridized carbons (Fsp3) is 0.154. The van der Waals surface area contributed by atoms with E-state index in [2.05, 4.69) is 0 Å². The number of hydrogen-bond acceptors (Lipinski definition) is 2. The van der Waals surface area contributed by atoms with Gasteiger partial charge in [0.2, 0.25) is 5.78 Å². The van der Waals surface area contributed by atoms with Crippen LogP contribution in [-0.2, 0) is 0 Å². The molecule has 0 saturated carbocycles. The highest BCUT2D eigenvalue weighted by Gasteiger charge is 2.08. The molecule has 76 valence electrons. The van der Waals surface area contributed by atoms with Crippen LogP contribution < -0.4 is 0 Å². The zero-order chi connectivity index (χ0) is 10.8. The zero-order valence-corrected chi connectivity index (χ0v) is 8.78. The smallest absolute Gasteiger partial charge is 0.220 e. The molecule has 2 aromatic rings. The van der Waals surface area contributed by atoms with E-state index in [0.717, 1.165) is 16.5 Å². The molecule has 1 aromatic heterocycles. The fourth-order valence-electron chi connectivity index (χ4n) is 1.52. The van der Waals surface area contributed by atoms with Gasteiger partial charge in [0, 0.05) is 5.39 Å². The Morgan fingerprint density at radius 1 is 1.33 bits per heavy atom. The first kappa shape index (κ1) is 9.71. The van der Waals surface area contributed by atoms with E-state index in [9.17, 15) is 4.79 Å². The Morgan fingerprint density at radius 3 is 2.87 bits per heavy atom. The van der Waals surface area contributed by atoms with Crippen LogP contribution in [0.2, 0.25) is 0 Å². The number of furan rings is 1. The van der Waals surface area contributed by atoms with Crippen LogP contribution in [0.4, 0.5) is 0 Å². The molecule has 0 aliphatic heterocycles. The molecule has 0 amide bonds. The molecule has 1 aromatic carbocycles. The third kappa shape index (κ3) is 1.84. The van der Waals surface area contributed by atoms with Crippen molar-refractivity contribution in [3.63, 3.8) is 0 Å². The number of carbonyl (C=O) groups excluding carboxylic acids is 1. The predicted molar refractivity (Wildman–Crippen MR) is 60.1 cm³/mol. The summed E-state index contributed by atoms with van der Waals surface area (Å²) in [7, 11) is 0. The molecule has 15 heavy (non-hydrogen) atoms. The second-order valence-corrected chi connectivity index (χ2v) is 3.52. The molecule has 0 aliphatic carbocycles. The van der Waals surface area contributed by atoms with Gasteiger partial charge in [0.15, 0.2) is 5.76 Å². The van der Waals surface area contributed by atoms with E-state index >= 15 is 0 Å². The molecule has 2 rings (SSSR count). The third-order valence-corrected chi connectivity index (χ3v) is 2.23. The van der Waals surface area contributed by atoms with E-state index in [4.69, 9.17) is 4.42 Å². The van der Waals surface area contributed by atoms with Crippen LogP contribution >= 0.6 is 0 Å². The van der Waals surface area contributed by atoms with E-state index in [1.165, 1.54) is 6.08 Å². The van der Waals surface area contributed by atoms with E-state index in [0.29, 0.717) is 5.76 Å². The molecule has 0 spiro atoms. The number of rotatable bonds is 2. The Bertz CT molecular complexity index is 532. The number of fused-ring (bicyclic) bond motifs is 1. The Balaban J connectivity index is 2.51. The lowest BCUT2D eigenvalue weighted by Crippen LogP contribution is -1.89. The van der Waals surface area contributed by atoms with Gasteiger partial charge in [0.05, 0.1) is 0 Å². The summed E-state index contributed by atoms with van der Waals surface area (Å²) in [6, 6.07) is 7.64. The minimum atomic E-state index is -0.0913. The Kier molecular flexibility index (Phi) is 2.42. The molecule has 2 heteroatoms. The average Bonchev–Trinajstić information content (AvgIpc) is 2.60. The van der Waals surface area contributed by atoms with Crippen molar-refractivity contribution in [1.29, 1.82) is 0 Å². The van der Waals surface area contributed by atoms with E-state index in [1.807, 2.05) is 32.0 Å². The van der Waals surface area contributed by atoms with Crippen LogP contribution in [0.3, 0.4) is 0 Å². The highest BCUT2D eigenvalue weighted by Crippen LogP contribution is 2.21.